The first kappa shape index (κ1) is 33.5. The van der Waals surface area contributed by atoms with Gasteiger partial charge in [0.15, 0.2) is 11.6 Å². The lowest BCUT2D eigenvalue weighted by Crippen LogP contribution is -2.41. The number of aliphatic imine (C=N–C) groups is 1. The van der Waals surface area contributed by atoms with Gasteiger partial charge in [-0.05, 0) is 87.7 Å². The number of carbonyl (C=O) groups is 1. The first-order chi connectivity index (χ1) is 22.3. The summed E-state index contributed by atoms with van der Waals surface area (Å²) in [7, 11) is -3.62. The number of Topliss-reactive ketones (excluding diaryl/α,β-unsaturated/α-hetero) is 1. The summed E-state index contributed by atoms with van der Waals surface area (Å²) in [6.07, 6.45) is 3.67. The summed E-state index contributed by atoms with van der Waals surface area (Å²) < 4.78 is 53.0. The average molecular weight is 663 g/mol. The maximum atomic E-state index is 14.1. The molecule has 2 heterocycles. The number of para-hydroxylation sites is 1. The molecule has 3 aromatic carbocycles. The largest absolute Gasteiger partial charge is 0.488 e. The number of hydrogen-bond acceptors (Lipinski definition) is 8. The second kappa shape index (κ2) is 13.9. The number of fused-ring (bicyclic) bond motifs is 1. The monoisotopic (exact) mass is 662 g/mol. The number of rotatable bonds is 11. The van der Waals surface area contributed by atoms with Crippen LogP contribution in [0.15, 0.2) is 77.4 Å². The zero-order chi connectivity index (χ0) is 33.9. The molecular formula is C34H39FN6O5S. The van der Waals surface area contributed by atoms with E-state index in [4.69, 9.17) is 20.9 Å². The molecule has 1 fully saturated rings. The van der Waals surface area contributed by atoms with E-state index >= 15 is 0 Å². The predicted molar refractivity (Wildman–Crippen MR) is 183 cm³/mol. The normalized spacial score (nSPS) is 15.3. The van der Waals surface area contributed by atoms with Gasteiger partial charge < -0.3 is 30.8 Å². The minimum absolute atomic E-state index is 0.0382. The number of carbonyl (C=O) groups excluding carboxylic acids is 1. The Kier molecular flexibility index (Phi) is 9.87. The fraction of sp³-hybridized carbons (Fsp3) is 0.294. The van der Waals surface area contributed by atoms with Crippen LogP contribution in [0.25, 0.3) is 10.9 Å². The van der Waals surface area contributed by atoms with E-state index in [1.165, 1.54) is 12.1 Å². The number of benzene rings is 3. The molecule has 4 aromatic rings. The summed E-state index contributed by atoms with van der Waals surface area (Å²) in [6, 6.07) is 16.4. The van der Waals surface area contributed by atoms with E-state index in [-0.39, 0.29) is 34.6 Å². The molecule has 0 amide bonds. The number of aromatic nitrogens is 1. The van der Waals surface area contributed by atoms with Gasteiger partial charge >= 0.3 is 0 Å². The number of halogens is 1. The molecule has 1 aliphatic heterocycles. The molecule has 248 valence electrons. The number of amidine groups is 1. The maximum absolute atomic E-state index is 14.1. The predicted octanol–water partition coefficient (Wildman–Crippen LogP) is 5.75. The van der Waals surface area contributed by atoms with Crippen LogP contribution < -0.4 is 25.7 Å². The van der Waals surface area contributed by atoms with Crippen molar-refractivity contribution in [3.63, 3.8) is 0 Å². The number of nitrogens with two attached hydrogens (primary N) is 2. The summed E-state index contributed by atoms with van der Waals surface area (Å²) in [5.74, 6) is -0.214. The Hall–Kier alpha value is -4.88. The lowest BCUT2D eigenvalue weighted by molar-refractivity contribution is 0.0849. The van der Waals surface area contributed by atoms with Crippen LogP contribution in [-0.4, -0.2) is 61.4 Å². The first-order valence-electron chi connectivity index (χ1n) is 15.2. The highest BCUT2D eigenvalue weighted by Gasteiger charge is 2.25. The topological polar surface area (TPSA) is 165 Å². The van der Waals surface area contributed by atoms with Gasteiger partial charge in [0.1, 0.15) is 23.4 Å². The Bertz CT molecular complexity index is 1960. The third-order valence-corrected chi connectivity index (χ3v) is 8.50. The van der Waals surface area contributed by atoms with Gasteiger partial charge in [-0.2, -0.15) is 0 Å². The van der Waals surface area contributed by atoms with Crippen molar-refractivity contribution < 1.29 is 27.1 Å². The van der Waals surface area contributed by atoms with Gasteiger partial charge in [-0.1, -0.05) is 12.1 Å². The van der Waals surface area contributed by atoms with E-state index in [0.717, 1.165) is 38.4 Å². The molecule has 5 rings (SSSR count). The number of piperidine rings is 1. The minimum Gasteiger partial charge on any atom is -0.488 e. The lowest BCUT2D eigenvalue weighted by Gasteiger charge is -2.34. The number of H-pyrrole nitrogens is 1. The number of aryl methyl sites for hydroxylation is 1. The van der Waals surface area contributed by atoms with E-state index < -0.39 is 21.6 Å². The molecule has 0 bridgehead atoms. The summed E-state index contributed by atoms with van der Waals surface area (Å²) in [5, 5.41) is 0.634. The molecule has 0 saturated carbocycles. The van der Waals surface area contributed by atoms with Gasteiger partial charge in [-0.25, -0.2) is 17.8 Å². The number of nitrogens with zero attached hydrogens (tertiary/aromatic N) is 2. The van der Waals surface area contributed by atoms with E-state index in [9.17, 15) is 17.6 Å². The Morgan fingerprint density at radius 2 is 1.81 bits per heavy atom. The number of hydrogen-bond donors (Lipinski definition) is 4. The highest BCUT2D eigenvalue weighted by molar-refractivity contribution is 7.92. The molecule has 47 heavy (non-hydrogen) atoms. The fourth-order valence-corrected chi connectivity index (χ4v) is 5.99. The third kappa shape index (κ3) is 8.10. The van der Waals surface area contributed by atoms with Crippen molar-refractivity contribution in [3.8, 4) is 17.2 Å². The van der Waals surface area contributed by atoms with Crippen LogP contribution in [0, 0.1) is 12.7 Å². The number of ether oxygens (including phenoxy) is 2. The fourth-order valence-electron chi connectivity index (χ4n) is 5.43. The van der Waals surface area contributed by atoms with Crippen molar-refractivity contribution in [1.29, 1.82) is 0 Å². The Labute approximate surface area is 273 Å². The highest BCUT2D eigenvalue weighted by atomic mass is 32.2. The van der Waals surface area contributed by atoms with Crippen molar-refractivity contribution in [2.24, 2.45) is 16.5 Å². The Morgan fingerprint density at radius 1 is 1.09 bits per heavy atom. The van der Waals surface area contributed by atoms with Crippen LogP contribution in [0.3, 0.4) is 0 Å². The van der Waals surface area contributed by atoms with Crippen molar-refractivity contribution in [3.05, 3.63) is 89.5 Å². The van der Waals surface area contributed by atoms with Gasteiger partial charge in [0, 0.05) is 36.2 Å². The van der Waals surface area contributed by atoms with Gasteiger partial charge in [0.05, 0.1) is 28.9 Å². The van der Waals surface area contributed by atoms with Crippen LogP contribution in [0.5, 0.6) is 17.2 Å². The summed E-state index contributed by atoms with van der Waals surface area (Å²) >= 11 is 0. The molecule has 0 atom stereocenters. The van der Waals surface area contributed by atoms with Crippen molar-refractivity contribution in [2.75, 3.05) is 24.1 Å². The first-order valence-corrected chi connectivity index (χ1v) is 17.1. The molecule has 0 spiro atoms. The van der Waals surface area contributed by atoms with Gasteiger partial charge in [0.25, 0.3) is 0 Å². The second-order valence-corrected chi connectivity index (χ2v) is 13.6. The van der Waals surface area contributed by atoms with Crippen molar-refractivity contribution in [1.82, 2.24) is 9.88 Å². The molecule has 1 saturated heterocycles. The van der Waals surface area contributed by atoms with E-state index in [2.05, 4.69) is 33.4 Å². The standard InChI is InChI=1S/C34H39FN6O5S/c1-20(2)41-13-11-24(12-14-41)45-32-17-22-16-29(39-27(22)18-28(32)40-47(4,43)44)33(42)25(19-36)34(37)38-23-9-10-30(21(3)15-23)46-31-8-6-5-7-26(31)35/h5-10,15-20,24,39-40H,11-14,36H2,1-4H3,(H2,37,38). The number of ketones is 1. The summed E-state index contributed by atoms with van der Waals surface area (Å²) in [5.41, 5.74) is 14.1. The Balaban J connectivity index is 1.38. The summed E-state index contributed by atoms with van der Waals surface area (Å²) in [4.78, 5) is 23.4. The molecule has 13 heteroatoms. The number of sulfonamides is 1. The van der Waals surface area contributed by atoms with Crippen LogP contribution in [0.4, 0.5) is 15.8 Å². The number of anilines is 1. The van der Waals surface area contributed by atoms with Crippen LogP contribution in [0.2, 0.25) is 0 Å². The van der Waals surface area contributed by atoms with Crippen LogP contribution in [0.1, 0.15) is 42.7 Å². The average Bonchev–Trinajstić information content (AvgIpc) is 3.42. The van der Waals surface area contributed by atoms with Gasteiger partial charge in [-0.15, -0.1) is 0 Å². The van der Waals surface area contributed by atoms with Crippen molar-refractivity contribution >= 4 is 43.9 Å². The molecule has 0 aliphatic carbocycles. The quantitative estimate of drug-likeness (QED) is 0.0683. The third-order valence-electron chi connectivity index (χ3n) is 7.91. The molecular weight excluding hydrogens is 623 g/mol. The smallest absolute Gasteiger partial charge is 0.229 e. The van der Waals surface area contributed by atoms with Crippen LogP contribution in [-0.2, 0) is 10.0 Å². The number of aromatic amines is 1. The lowest BCUT2D eigenvalue weighted by atomic mass is 10.1. The molecule has 6 N–H and O–H groups in total. The van der Waals surface area contributed by atoms with Crippen molar-refractivity contribution in [2.45, 2.75) is 45.8 Å². The van der Waals surface area contributed by atoms with E-state index in [1.807, 2.05) is 0 Å². The zero-order valence-electron chi connectivity index (χ0n) is 26.7. The zero-order valence-corrected chi connectivity index (χ0v) is 27.5. The summed E-state index contributed by atoms with van der Waals surface area (Å²) in [6.45, 7) is 7.85. The van der Waals surface area contributed by atoms with Gasteiger partial charge in [0.2, 0.25) is 15.8 Å². The molecule has 1 aromatic heterocycles. The number of likely N-dealkylation sites (tertiary alicyclic amines) is 1. The van der Waals surface area contributed by atoms with E-state index in [1.54, 1.807) is 55.5 Å². The highest BCUT2D eigenvalue weighted by Crippen LogP contribution is 2.34. The van der Waals surface area contributed by atoms with E-state index in [0.29, 0.717) is 39.7 Å². The molecule has 0 unspecified atom stereocenters. The van der Waals surface area contributed by atoms with Gasteiger partial charge in [-0.3, -0.25) is 9.52 Å². The Morgan fingerprint density at radius 3 is 2.45 bits per heavy atom. The molecule has 0 radical (unpaired) electrons. The molecule has 1 aliphatic rings. The van der Waals surface area contributed by atoms with Crippen LogP contribution >= 0.6 is 0 Å². The SMILES string of the molecule is Cc1cc(N=C(N)C(=CN)C(=O)c2cc3cc(OC4CCN(C(C)C)CC4)c(NS(C)(=O)=O)cc3[nH]2)ccc1Oc1ccccc1F. The minimum atomic E-state index is -3.62. The number of nitrogens with one attached hydrogen (secondary N) is 2. The molecule has 11 nitrogen and oxygen atoms in total. The second-order valence-electron chi connectivity index (χ2n) is 11.8. The maximum Gasteiger partial charge on any atom is 0.229 e.